The molecule has 1 N–H and O–H groups in total. The molecule has 1 aliphatic carbocycles. The molecule has 1 unspecified atom stereocenters. The summed E-state index contributed by atoms with van der Waals surface area (Å²) in [6, 6.07) is 1.59. The van der Waals surface area contributed by atoms with Gasteiger partial charge >= 0.3 is 0 Å². The summed E-state index contributed by atoms with van der Waals surface area (Å²) in [4.78, 5) is 5.48. The maximum Gasteiger partial charge on any atom is 0.0243 e. The second-order valence-electron chi connectivity index (χ2n) is 7.98. The molecule has 0 amide bonds. The van der Waals surface area contributed by atoms with E-state index in [0.717, 1.165) is 23.9 Å². The van der Waals surface area contributed by atoms with Gasteiger partial charge in [0.05, 0.1) is 0 Å². The molecule has 0 spiro atoms. The van der Waals surface area contributed by atoms with Crippen molar-refractivity contribution >= 4 is 0 Å². The highest BCUT2D eigenvalue weighted by molar-refractivity contribution is 4.87. The molecule has 2 saturated heterocycles. The Morgan fingerprint density at radius 2 is 1.62 bits per heavy atom. The fourth-order valence-corrected chi connectivity index (χ4v) is 4.16. The zero-order valence-electron chi connectivity index (χ0n) is 14.2. The number of rotatable bonds is 7. The van der Waals surface area contributed by atoms with Crippen LogP contribution in [0.15, 0.2) is 0 Å². The third-order valence-electron chi connectivity index (χ3n) is 5.80. The van der Waals surface area contributed by atoms with Gasteiger partial charge in [-0.3, -0.25) is 4.90 Å². The number of hydrogen-bond acceptors (Lipinski definition) is 3. The summed E-state index contributed by atoms with van der Waals surface area (Å²) in [7, 11) is 0. The maximum atomic E-state index is 3.76. The lowest BCUT2D eigenvalue weighted by Gasteiger charge is -2.40. The van der Waals surface area contributed by atoms with E-state index in [4.69, 9.17) is 0 Å². The predicted octanol–water partition coefficient (Wildman–Crippen LogP) is 2.57. The van der Waals surface area contributed by atoms with Crippen molar-refractivity contribution in [2.24, 2.45) is 11.8 Å². The third-order valence-corrected chi connectivity index (χ3v) is 5.80. The molecule has 2 heterocycles. The van der Waals surface area contributed by atoms with Crippen LogP contribution >= 0.6 is 0 Å². The van der Waals surface area contributed by atoms with Crippen LogP contribution in [0.25, 0.3) is 0 Å². The van der Waals surface area contributed by atoms with Crippen LogP contribution in [0.5, 0.6) is 0 Å². The van der Waals surface area contributed by atoms with E-state index in [0.29, 0.717) is 0 Å². The van der Waals surface area contributed by atoms with Gasteiger partial charge in [-0.2, -0.15) is 0 Å². The molecule has 2 aliphatic heterocycles. The van der Waals surface area contributed by atoms with Gasteiger partial charge in [0.2, 0.25) is 0 Å². The Kier molecular flexibility index (Phi) is 5.58. The van der Waals surface area contributed by atoms with Crippen LogP contribution < -0.4 is 5.32 Å². The summed E-state index contributed by atoms with van der Waals surface area (Å²) in [5, 5.41) is 3.76. The minimum absolute atomic E-state index is 0.748. The number of nitrogens with one attached hydrogen (secondary N) is 1. The van der Waals surface area contributed by atoms with Crippen molar-refractivity contribution in [3.05, 3.63) is 0 Å². The van der Waals surface area contributed by atoms with Crippen LogP contribution in [0.1, 0.15) is 52.4 Å². The molecule has 21 heavy (non-hydrogen) atoms. The molecule has 3 fully saturated rings. The van der Waals surface area contributed by atoms with Gasteiger partial charge in [-0.1, -0.05) is 13.8 Å². The van der Waals surface area contributed by atoms with E-state index in [-0.39, 0.29) is 0 Å². The highest BCUT2D eigenvalue weighted by Crippen LogP contribution is 2.25. The van der Waals surface area contributed by atoms with E-state index in [2.05, 4.69) is 29.0 Å². The number of hydrogen-bond donors (Lipinski definition) is 1. The second-order valence-corrected chi connectivity index (χ2v) is 7.98. The predicted molar refractivity (Wildman–Crippen MR) is 89.6 cm³/mol. The van der Waals surface area contributed by atoms with Crippen LogP contribution in [0.3, 0.4) is 0 Å². The molecule has 1 atom stereocenters. The molecule has 0 bridgehead atoms. The summed E-state index contributed by atoms with van der Waals surface area (Å²) >= 11 is 0. The highest BCUT2D eigenvalue weighted by atomic mass is 15.2. The second kappa shape index (κ2) is 7.43. The molecule has 3 nitrogen and oxygen atoms in total. The number of nitrogens with zero attached hydrogens (tertiary/aromatic N) is 2. The minimum Gasteiger partial charge on any atom is -0.312 e. The van der Waals surface area contributed by atoms with Gasteiger partial charge in [0.15, 0.2) is 0 Å². The highest BCUT2D eigenvalue weighted by Gasteiger charge is 2.30. The average Bonchev–Trinajstić information content (AvgIpc) is 3.16. The molecule has 1 saturated carbocycles. The van der Waals surface area contributed by atoms with E-state index in [1.165, 1.54) is 77.8 Å². The first-order valence-electron chi connectivity index (χ1n) is 9.42. The lowest BCUT2D eigenvalue weighted by molar-refractivity contribution is 0.0911. The van der Waals surface area contributed by atoms with E-state index < -0.39 is 0 Å². The van der Waals surface area contributed by atoms with E-state index >= 15 is 0 Å². The largest absolute Gasteiger partial charge is 0.312 e. The van der Waals surface area contributed by atoms with Crippen molar-refractivity contribution in [1.82, 2.24) is 15.1 Å². The Hall–Kier alpha value is -0.120. The van der Waals surface area contributed by atoms with E-state index in [1.807, 2.05) is 0 Å². The molecule has 0 aromatic heterocycles. The maximum absolute atomic E-state index is 3.76. The molecule has 3 heteroatoms. The van der Waals surface area contributed by atoms with Gasteiger partial charge < -0.3 is 10.2 Å². The lowest BCUT2D eigenvalue weighted by Crippen LogP contribution is -2.50. The monoisotopic (exact) mass is 293 g/mol. The summed E-state index contributed by atoms with van der Waals surface area (Å²) in [5.41, 5.74) is 0. The lowest BCUT2D eigenvalue weighted by atomic mass is 9.92. The fourth-order valence-electron chi connectivity index (χ4n) is 4.16. The fraction of sp³-hybridized carbons (Fsp3) is 1.00. The summed E-state index contributed by atoms with van der Waals surface area (Å²) < 4.78 is 0. The van der Waals surface area contributed by atoms with Crippen molar-refractivity contribution in [1.29, 1.82) is 0 Å². The van der Waals surface area contributed by atoms with Gasteiger partial charge in [-0.25, -0.2) is 0 Å². The Bertz CT molecular complexity index is 300. The van der Waals surface area contributed by atoms with Gasteiger partial charge in [-0.15, -0.1) is 0 Å². The topological polar surface area (TPSA) is 18.5 Å². The normalized spacial score (nSPS) is 27.6. The van der Waals surface area contributed by atoms with Crippen molar-refractivity contribution in [3.63, 3.8) is 0 Å². The summed E-state index contributed by atoms with van der Waals surface area (Å²) in [6.07, 6.45) is 8.51. The molecule has 3 rings (SSSR count). The van der Waals surface area contributed by atoms with Crippen molar-refractivity contribution in [2.45, 2.75) is 64.5 Å². The first-order chi connectivity index (χ1) is 10.2. The van der Waals surface area contributed by atoms with Gasteiger partial charge in [0.25, 0.3) is 0 Å². The Morgan fingerprint density at radius 3 is 2.19 bits per heavy atom. The van der Waals surface area contributed by atoms with Crippen LogP contribution in [-0.2, 0) is 0 Å². The first kappa shape index (κ1) is 15.8. The Morgan fingerprint density at radius 1 is 0.952 bits per heavy atom. The zero-order chi connectivity index (χ0) is 14.7. The average molecular weight is 293 g/mol. The smallest absolute Gasteiger partial charge is 0.0243 e. The van der Waals surface area contributed by atoms with Crippen LogP contribution in [0, 0.1) is 11.8 Å². The molecule has 122 valence electrons. The number of piperidine rings is 1. The van der Waals surface area contributed by atoms with Gasteiger partial charge in [0, 0.05) is 25.2 Å². The standard InChI is InChI=1S/C18H35N3/c1-15(2)18(13-19-17-5-6-17)21-11-7-16(8-12-21)14-20-9-3-4-10-20/h15-19H,3-14H2,1-2H3. The SMILES string of the molecule is CC(C)C(CNC1CC1)N1CCC(CN2CCCC2)CC1. The van der Waals surface area contributed by atoms with Crippen molar-refractivity contribution in [3.8, 4) is 0 Å². The summed E-state index contributed by atoms with van der Waals surface area (Å²) in [5.74, 6) is 1.73. The zero-order valence-corrected chi connectivity index (χ0v) is 14.2. The molecular weight excluding hydrogens is 258 g/mol. The van der Waals surface area contributed by atoms with Crippen LogP contribution in [0.4, 0.5) is 0 Å². The van der Waals surface area contributed by atoms with Crippen molar-refractivity contribution in [2.75, 3.05) is 39.3 Å². The Balaban J connectivity index is 1.41. The molecule has 3 aliphatic rings. The Labute approximate surface area is 131 Å². The van der Waals surface area contributed by atoms with Gasteiger partial charge in [0.1, 0.15) is 0 Å². The first-order valence-corrected chi connectivity index (χ1v) is 9.42. The van der Waals surface area contributed by atoms with Crippen LogP contribution in [-0.4, -0.2) is 61.2 Å². The minimum atomic E-state index is 0.748. The number of likely N-dealkylation sites (tertiary alicyclic amines) is 2. The van der Waals surface area contributed by atoms with E-state index in [1.54, 1.807) is 0 Å². The molecule has 0 aromatic rings. The van der Waals surface area contributed by atoms with Crippen LogP contribution in [0.2, 0.25) is 0 Å². The van der Waals surface area contributed by atoms with E-state index in [9.17, 15) is 0 Å². The summed E-state index contributed by atoms with van der Waals surface area (Å²) in [6.45, 7) is 12.8. The molecule has 0 radical (unpaired) electrons. The van der Waals surface area contributed by atoms with Crippen molar-refractivity contribution < 1.29 is 0 Å². The third kappa shape index (κ3) is 4.67. The molecular formula is C18H35N3. The van der Waals surface area contributed by atoms with Gasteiger partial charge in [-0.05, 0) is 76.5 Å². The quantitative estimate of drug-likeness (QED) is 0.778. The molecule has 0 aromatic carbocycles.